The van der Waals surface area contributed by atoms with Crippen LogP contribution in [0.25, 0.3) is 0 Å². The third-order valence-electron chi connectivity index (χ3n) is 3.43. The van der Waals surface area contributed by atoms with Gasteiger partial charge in [-0.15, -0.1) is 0 Å². The van der Waals surface area contributed by atoms with E-state index in [-0.39, 0.29) is 5.82 Å². The largest absolute Gasteiger partial charge is 0.472 e. The van der Waals surface area contributed by atoms with Crippen molar-refractivity contribution < 1.29 is 13.9 Å². The van der Waals surface area contributed by atoms with Gasteiger partial charge in [0.1, 0.15) is 5.82 Å². The van der Waals surface area contributed by atoms with Gasteiger partial charge in [-0.25, -0.2) is 4.39 Å². The van der Waals surface area contributed by atoms with Gasteiger partial charge in [0.25, 0.3) is 0 Å². The zero-order valence-electron chi connectivity index (χ0n) is 10.6. The molecule has 2 nitrogen and oxygen atoms in total. The van der Waals surface area contributed by atoms with Crippen LogP contribution in [0.4, 0.5) is 4.39 Å². The molecule has 0 amide bonds. The third-order valence-corrected chi connectivity index (χ3v) is 3.43. The van der Waals surface area contributed by atoms with Crippen molar-refractivity contribution in [2.24, 2.45) is 0 Å². The Hall–Kier alpha value is -1.61. The number of aliphatic hydroxyl groups is 1. The molecule has 0 spiro atoms. The normalized spacial score (nSPS) is 13.6. The number of aliphatic hydroxyl groups excluding tert-OH is 1. The van der Waals surface area contributed by atoms with Crippen molar-refractivity contribution in [2.45, 2.75) is 31.8 Å². The van der Waals surface area contributed by atoms with Crippen LogP contribution in [0.3, 0.4) is 0 Å². The summed E-state index contributed by atoms with van der Waals surface area (Å²) in [6.07, 6.45) is 3.18. The van der Waals surface area contributed by atoms with E-state index in [1.807, 2.05) is 19.9 Å². The fourth-order valence-electron chi connectivity index (χ4n) is 1.96. The van der Waals surface area contributed by atoms with E-state index in [0.717, 1.165) is 11.1 Å². The monoisotopic (exact) mass is 248 g/mol. The maximum Gasteiger partial charge on any atom is 0.123 e. The summed E-state index contributed by atoms with van der Waals surface area (Å²) in [6.45, 7) is 3.90. The number of hydrogen-bond acceptors (Lipinski definition) is 2. The Morgan fingerprint density at radius 1 is 1.22 bits per heavy atom. The van der Waals surface area contributed by atoms with E-state index in [4.69, 9.17) is 4.42 Å². The first-order chi connectivity index (χ1) is 8.50. The lowest BCUT2D eigenvalue weighted by atomic mass is 9.77. The predicted octanol–water partition coefficient (Wildman–Crippen LogP) is 3.30. The molecule has 1 atom stereocenters. The molecule has 1 unspecified atom stereocenters. The smallest absolute Gasteiger partial charge is 0.123 e. The van der Waals surface area contributed by atoms with E-state index in [0.29, 0.717) is 6.42 Å². The van der Waals surface area contributed by atoms with Crippen molar-refractivity contribution in [1.29, 1.82) is 0 Å². The standard InChI is InChI=1S/C15H17FO2/c1-15(2,12-3-5-13(16)6-4-12)14(17)9-11-7-8-18-10-11/h3-8,10,14,17H,9H2,1-2H3. The van der Waals surface area contributed by atoms with Gasteiger partial charge < -0.3 is 9.52 Å². The molecule has 0 aliphatic rings. The topological polar surface area (TPSA) is 33.4 Å². The molecule has 2 rings (SSSR count). The first-order valence-electron chi connectivity index (χ1n) is 5.95. The van der Waals surface area contributed by atoms with Gasteiger partial charge in [-0.3, -0.25) is 0 Å². The van der Waals surface area contributed by atoms with Crippen LogP contribution < -0.4 is 0 Å². The highest BCUT2D eigenvalue weighted by Crippen LogP contribution is 2.29. The highest BCUT2D eigenvalue weighted by atomic mass is 19.1. The van der Waals surface area contributed by atoms with E-state index in [1.165, 1.54) is 12.1 Å². The lowest BCUT2D eigenvalue weighted by molar-refractivity contribution is 0.0998. The Labute approximate surface area is 106 Å². The van der Waals surface area contributed by atoms with Crippen LogP contribution in [-0.2, 0) is 11.8 Å². The van der Waals surface area contributed by atoms with Gasteiger partial charge in [0.05, 0.1) is 18.6 Å². The molecule has 18 heavy (non-hydrogen) atoms. The quantitative estimate of drug-likeness (QED) is 0.900. The fourth-order valence-corrected chi connectivity index (χ4v) is 1.96. The molecule has 1 aromatic heterocycles. The summed E-state index contributed by atoms with van der Waals surface area (Å²) >= 11 is 0. The first kappa shape index (κ1) is 12.8. The van der Waals surface area contributed by atoms with Crippen molar-refractivity contribution in [3.05, 3.63) is 59.8 Å². The van der Waals surface area contributed by atoms with Gasteiger partial charge in [-0.2, -0.15) is 0 Å². The minimum atomic E-state index is -0.555. The second kappa shape index (κ2) is 4.94. The maximum atomic E-state index is 12.9. The van der Waals surface area contributed by atoms with Crippen molar-refractivity contribution in [3.63, 3.8) is 0 Å². The van der Waals surface area contributed by atoms with E-state index in [9.17, 15) is 9.50 Å². The lowest BCUT2D eigenvalue weighted by Crippen LogP contribution is -2.35. The zero-order valence-corrected chi connectivity index (χ0v) is 10.6. The van der Waals surface area contributed by atoms with Crippen LogP contribution in [0.5, 0.6) is 0 Å². The molecule has 0 saturated carbocycles. The van der Waals surface area contributed by atoms with Gasteiger partial charge in [0, 0.05) is 11.8 Å². The summed E-state index contributed by atoms with van der Waals surface area (Å²) in [5.74, 6) is -0.265. The molecule has 1 aromatic carbocycles. The van der Waals surface area contributed by atoms with Crippen molar-refractivity contribution in [2.75, 3.05) is 0 Å². The fraction of sp³-hybridized carbons (Fsp3) is 0.333. The molecule has 2 aromatic rings. The molecule has 0 bridgehead atoms. The van der Waals surface area contributed by atoms with Crippen LogP contribution in [-0.4, -0.2) is 11.2 Å². The van der Waals surface area contributed by atoms with Crippen molar-refractivity contribution >= 4 is 0 Å². The summed E-state index contributed by atoms with van der Waals surface area (Å²) in [5.41, 5.74) is 1.43. The molecule has 3 heteroatoms. The molecule has 0 aliphatic heterocycles. The average molecular weight is 248 g/mol. The Bertz CT molecular complexity index is 486. The summed E-state index contributed by atoms with van der Waals surface area (Å²) in [5, 5.41) is 10.3. The Kier molecular flexibility index (Phi) is 3.53. The zero-order chi connectivity index (χ0) is 13.2. The molecule has 0 fully saturated rings. The first-order valence-corrected chi connectivity index (χ1v) is 5.95. The second-order valence-corrected chi connectivity index (χ2v) is 5.08. The number of halogens is 1. The van der Waals surface area contributed by atoms with Crippen LogP contribution in [0.15, 0.2) is 47.3 Å². The minimum absolute atomic E-state index is 0.265. The van der Waals surface area contributed by atoms with Gasteiger partial charge in [0.15, 0.2) is 0 Å². The third kappa shape index (κ3) is 2.62. The summed E-state index contributed by atoms with van der Waals surface area (Å²) in [7, 11) is 0. The van der Waals surface area contributed by atoms with E-state index < -0.39 is 11.5 Å². The van der Waals surface area contributed by atoms with E-state index >= 15 is 0 Å². The van der Waals surface area contributed by atoms with E-state index in [1.54, 1.807) is 24.7 Å². The molecule has 1 heterocycles. The van der Waals surface area contributed by atoms with E-state index in [2.05, 4.69) is 0 Å². The Morgan fingerprint density at radius 3 is 2.44 bits per heavy atom. The maximum absolute atomic E-state index is 12.9. The molecule has 0 radical (unpaired) electrons. The summed E-state index contributed by atoms with van der Waals surface area (Å²) < 4.78 is 17.9. The number of furan rings is 1. The van der Waals surface area contributed by atoms with Crippen LogP contribution >= 0.6 is 0 Å². The lowest BCUT2D eigenvalue weighted by Gasteiger charge is -2.31. The highest BCUT2D eigenvalue weighted by molar-refractivity contribution is 5.26. The molecule has 1 N–H and O–H groups in total. The number of benzene rings is 1. The minimum Gasteiger partial charge on any atom is -0.472 e. The molecular weight excluding hydrogens is 231 g/mol. The Morgan fingerprint density at radius 2 is 1.89 bits per heavy atom. The molecular formula is C15H17FO2. The van der Waals surface area contributed by atoms with Crippen LogP contribution in [0, 0.1) is 5.82 Å². The average Bonchev–Trinajstić information content (AvgIpc) is 2.82. The van der Waals surface area contributed by atoms with Crippen molar-refractivity contribution in [3.8, 4) is 0 Å². The van der Waals surface area contributed by atoms with Gasteiger partial charge in [-0.1, -0.05) is 26.0 Å². The van der Waals surface area contributed by atoms with Crippen LogP contribution in [0.1, 0.15) is 25.0 Å². The number of rotatable bonds is 4. The number of hydrogen-bond donors (Lipinski definition) is 1. The van der Waals surface area contributed by atoms with Gasteiger partial charge in [-0.05, 0) is 29.3 Å². The Balaban J connectivity index is 2.16. The van der Waals surface area contributed by atoms with Gasteiger partial charge >= 0.3 is 0 Å². The molecule has 0 aliphatic carbocycles. The second-order valence-electron chi connectivity index (χ2n) is 5.08. The van der Waals surface area contributed by atoms with Crippen molar-refractivity contribution in [1.82, 2.24) is 0 Å². The molecule has 96 valence electrons. The summed E-state index contributed by atoms with van der Waals surface area (Å²) in [6, 6.07) is 8.11. The van der Waals surface area contributed by atoms with Gasteiger partial charge in [0.2, 0.25) is 0 Å². The SMILES string of the molecule is CC(C)(c1ccc(F)cc1)C(O)Cc1ccoc1. The molecule has 0 saturated heterocycles. The predicted molar refractivity (Wildman–Crippen MR) is 67.8 cm³/mol. The summed E-state index contributed by atoms with van der Waals surface area (Å²) in [4.78, 5) is 0. The highest BCUT2D eigenvalue weighted by Gasteiger charge is 2.30. The van der Waals surface area contributed by atoms with Crippen LogP contribution in [0.2, 0.25) is 0 Å².